The first-order valence-electron chi connectivity index (χ1n) is 8.85. The molecule has 4 rings (SSSR count). The van der Waals surface area contributed by atoms with Gasteiger partial charge in [0.05, 0.1) is 0 Å². The van der Waals surface area contributed by atoms with E-state index in [0.29, 0.717) is 5.56 Å². The fraction of sp³-hybridized carbons (Fsp3) is 0. The summed E-state index contributed by atoms with van der Waals surface area (Å²) in [5, 5.41) is 0. The van der Waals surface area contributed by atoms with E-state index < -0.39 is 10.1 Å². The second-order valence-corrected chi connectivity index (χ2v) is 7.88. The van der Waals surface area contributed by atoms with Crippen LogP contribution in [0, 0.1) is 0 Å². The third-order valence-corrected chi connectivity index (χ3v) is 5.60. The molecule has 0 aliphatic heterocycles. The lowest BCUT2D eigenvalue weighted by atomic mass is 9.98. The Kier molecular flexibility index (Phi) is 4.82. The lowest BCUT2D eigenvalue weighted by molar-refractivity contribution is 0.483. The van der Waals surface area contributed by atoms with E-state index >= 15 is 0 Å². The van der Waals surface area contributed by atoms with Crippen molar-refractivity contribution in [3.63, 3.8) is 0 Å². The predicted molar refractivity (Wildman–Crippen MR) is 113 cm³/mol. The van der Waals surface area contributed by atoms with Crippen LogP contribution in [0.3, 0.4) is 0 Å². The van der Waals surface area contributed by atoms with Crippen molar-refractivity contribution in [2.45, 2.75) is 4.90 Å². The highest BCUT2D eigenvalue weighted by Gasteiger charge is 2.15. The number of benzene rings is 4. The van der Waals surface area contributed by atoms with Crippen molar-refractivity contribution in [1.29, 1.82) is 0 Å². The van der Waals surface area contributed by atoms with Gasteiger partial charge in [-0.15, -0.1) is 0 Å². The number of rotatable bonds is 4. The summed E-state index contributed by atoms with van der Waals surface area (Å²) in [6.07, 6.45) is 0. The fourth-order valence-electron chi connectivity index (χ4n) is 3.26. The van der Waals surface area contributed by atoms with Crippen LogP contribution in [0.5, 0.6) is 0 Å². The third-order valence-electron chi connectivity index (χ3n) is 4.69. The smallest absolute Gasteiger partial charge is 0.282 e. The first-order chi connectivity index (χ1) is 13.5. The molecule has 0 spiro atoms. The predicted octanol–water partition coefficient (Wildman–Crippen LogP) is 5.93. The van der Waals surface area contributed by atoms with Crippen LogP contribution in [0.15, 0.2) is 108 Å². The van der Waals surface area contributed by atoms with Crippen LogP contribution < -0.4 is 0 Å². The van der Waals surface area contributed by atoms with E-state index in [1.54, 1.807) is 18.2 Å². The van der Waals surface area contributed by atoms with Gasteiger partial charge in [0, 0.05) is 5.56 Å². The summed E-state index contributed by atoms with van der Waals surface area (Å²) in [5.74, 6) is 0. The van der Waals surface area contributed by atoms with Crippen LogP contribution >= 0.6 is 0 Å². The van der Waals surface area contributed by atoms with Gasteiger partial charge in [0.25, 0.3) is 10.1 Å². The van der Waals surface area contributed by atoms with Crippen LogP contribution in [0.4, 0.5) is 0 Å². The Labute approximate surface area is 164 Å². The Morgan fingerprint density at radius 2 is 0.857 bits per heavy atom. The quantitative estimate of drug-likeness (QED) is 0.442. The summed E-state index contributed by atoms with van der Waals surface area (Å²) in [7, 11) is -4.28. The van der Waals surface area contributed by atoms with Gasteiger partial charge in [0.1, 0.15) is 4.90 Å². The fourth-order valence-corrected chi connectivity index (χ4v) is 3.97. The SMILES string of the molecule is O=S(=O)(O)c1ccccc1-c1ccc(-c2ccc(-c3ccccc3)cc2)cc1. The molecule has 0 saturated heterocycles. The van der Waals surface area contributed by atoms with Gasteiger partial charge in [-0.05, 0) is 33.9 Å². The molecule has 4 heteroatoms. The van der Waals surface area contributed by atoms with Gasteiger partial charge in [-0.1, -0.05) is 97.1 Å². The zero-order valence-electron chi connectivity index (χ0n) is 15.0. The summed E-state index contributed by atoms with van der Waals surface area (Å²) >= 11 is 0. The molecule has 0 atom stereocenters. The molecule has 3 nitrogen and oxygen atoms in total. The van der Waals surface area contributed by atoms with E-state index in [9.17, 15) is 13.0 Å². The average Bonchev–Trinajstić information content (AvgIpc) is 2.74. The molecule has 28 heavy (non-hydrogen) atoms. The normalized spacial score (nSPS) is 11.3. The molecule has 0 bridgehead atoms. The molecule has 0 heterocycles. The molecule has 0 fully saturated rings. The van der Waals surface area contributed by atoms with Gasteiger partial charge in [0.2, 0.25) is 0 Å². The zero-order chi connectivity index (χ0) is 19.6. The molecule has 138 valence electrons. The van der Waals surface area contributed by atoms with Crippen molar-refractivity contribution in [1.82, 2.24) is 0 Å². The van der Waals surface area contributed by atoms with Crippen molar-refractivity contribution in [2.24, 2.45) is 0 Å². The van der Waals surface area contributed by atoms with Crippen molar-refractivity contribution in [3.05, 3.63) is 103 Å². The van der Waals surface area contributed by atoms with Gasteiger partial charge < -0.3 is 0 Å². The molecular weight excluding hydrogens is 368 g/mol. The highest BCUT2D eigenvalue weighted by Crippen LogP contribution is 2.30. The lowest BCUT2D eigenvalue weighted by Crippen LogP contribution is -2.00. The monoisotopic (exact) mass is 386 g/mol. The summed E-state index contributed by atoms with van der Waals surface area (Å²) in [5.41, 5.74) is 5.66. The van der Waals surface area contributed by atoms with Gasteiger partial charge in [0.15, 0.2) is 0 Å². The van der Waals surface area contributed by atoms with Crippen molar-refractivity contribution < 1.29 is 13.0 Å². The van der Waals surface area contributed by atoms with Crippen LogP contribution in [0.2, 0.25) is 0 Å². The summed E-state index contributed by atoms with van der Waals surface area (Å²) in [6, 6.07) is 32.6. The topological polar surface area (TPSA) is 54.4 Å². The summed E-state index contributed by atoms with van der Waals surface area (Å²) in [6.45, 7) is 0. The maximum absolute atomic E-state index is 11.6. The molecule has 4 aromatic rings. The number of hydrogen-bond acceptors (Lipinski definition) is 2. The van der Waals surface area contributed by atoms with E-state index in [-0.39, 0.29) is 4.90 Å². The highest BCUT2D eigenvalue weighted by atomic mass is 32.2. The molecule has 0 amide bonds. The van der Waals surface area contributed by atoms with Gasteiger partial charge in [-0.2, -0.15) is 8.42 Å². The van der Waals surface area contributed by atoms with Crippen LogP contribution in [-0.2, 0) is 10.1 Å². The standard InChI is InChI=1S/C24H18O3S/c25-28(26,27)24-9-5-4-8-23(24)22-16-14-21(15-17-22)20-12-10-19(11-13-20)18-6-2-1-3-7-18/h1-17H,(H,25,26,27). The Balaban J connectivity index is 1.65. The largest absolute Gasteiger partial charge is 0.295 e. The van der Waals surface area contributed by atoms with E-state index in [1.807, 2.05) is 42.5 Å². The Morgan fingerprint density at radius 3 is 1.36 bits per heavy atom. The molecule has 0 aliphatic carbocycles. The van der Waals surface area contributed by atoms with Crippen molar-refractivity contribution in [2.75, 3.05) is 0 Å². The zero-order valence-corrected chi connectivity index (χ0v) is 15.8. The van der Waals surface area contributed by atoms with Crippen molar-refractivity contribution in [3.8, 4) is 33.4 Å². The maximum Gasteiger partial charge on any atom is 0.295 e. The van der Waals surface area contributed by atoms with Gasteiger partial charge in [-0.25, -0.2) is 0 Å². The molecular formula is C24H18O3S. The van der Waals surface area contributed by atoms with Crippen LogP contribution in [0.1, 0.15) is 0 Å². The van der Waals surface area contributed by atoms with E-state index in [4.69, 9.17) is 0 Å². The Morgan fingerprint density at radius 1 is 0.464 bits per heavy atom. The first kappa shape index (κ1) is 18.2. The highest BCUT2D eigenvalue weighted by molar-refractivity contribution is 7.86. The van der Waals surface area contributed by atoms with Crippen molar-refractivity contribution >= 4 is 10.1 Å². The maximum atomic E-state index is 11.6. The van der Waals surface area contributed by atoms with Gasteiger partial charge >= 0.3 is 0 Å². The second kappa shape index (κ2) is 7.43. The third kappa shape index (κ3) is 3.74. The second-order valence-electron chi connectivity index (χ2n) is 6.49. The van der Waals surface area contributed by atoms with E-state index in [1.165, 1.54) is 11.6 Å². The van der Waals surface area contributed by atoms with E-state index in [0.717, 1.165) is 22.3 Å². The van der Waals surface area contributed by atoms with Crippen LogP contribution in [0.25, 0.3) is 33.4 Å². The Bertz CT molecular complexity index is 1190. The molecule has 4 aromatic carbocycles. The summed E-state index contributed by atoms with van der Waals surface area (Å²) < 4.78 is 32.7. The molecule has 0 radical (unpaired) electrons. The molecule has 0 unspecified atom stereocenters. The average molecular weight is 386 g/mol. The summed E-state index contributed by atoms with van der Waals surface area (Å²) in [4.78, 5) is -0.0880. The van der Waals surface area contributed by atoms with Gasteiger partial charge in [-0.3, -0.25) is 4.55 Å². The molecule has 0 aromatic heterocycles. The molecule has 0 aliphatic rings. The minimum Gasteiger partial charge on any atom is -0.282 e. The van der Waals surface area contributed by atoms with E-state index in [2.05, 4.69) is 36.4 Å². The lowest BCUT2D eigenvalue weighted by Gasteiger charge is -2.09. The first-order valence-corrected chi connectivity index (χ1v) is 10.3. The Hall–Kier alpha value is -3.21. The minimum absolute atomic E-state index is 0.0880. The molecule has 0 saturated carbocycles. The minimum atomic E-state index is -4.28. The molecule has 1 N–H and O–H groups in total. The van der Waals surface area contributed by atoms with Crippen LogP contribution in [-0.4, -0.2) is 13.0 Å². The number of hydrogen-bond donors (Lipinski definition) is 1.